The first-order valence-corrected chi connectivity index (χ1v) is 9.00. The van der Waals surface area contributed by atoms with Gasteiger partial charge in [0.25, 0.3) is 0 Å². The van der Waals surface area contributed by atoms with Gasteiger partial charge in [-0.2, -0.15) is 0 Å². The van der Waals surface area contributed by atoms with Crippen molar-refractivity contribution in [3.8, 4) is 11.4 Å². The Bertz CT molecular complexity index is 692. The van der Waals surface area contributed by atoms with Crippen LogP contribution in [0.4, 0.5) is 0 Å². The maximum Gasteiger partial charge on any atom is 0.230 e. The SMILES string of the molecule is Cc1cccc(-c2nnc(SCC(=O)NC3CCCC3)n2C)c1. The number of carbonyl (C=O) groups excluding carboxylic acids is 1. The van der Waals surface area contributed by atoms with Crippen LogP contribution < -0.4 is 5.32 Å². The molecule has 6 heteroatoms. The molecule has 1 saturated carbocycles. The second-order valence-corrected chi connectivity index (χ2v) is 7.01. The molecule has 0 spiro atoms. The van der Waals surface area contributed by atoms with Gasteiger partial charge in [0.2, 0.25) is 5.91 Å². The molecule has 1 aliphatic carbocycles. The summed E-state index contributed by atoms with van der Waals surface area (Å²) in [5.74, 6) is 1.30. The highest BCUT2D eigenvalue weighted by Gasteiger charge is 2.18. The number of nitrogens with zero attached hydrogens (tertiary/aromatic N) is 3. The third kappa shape index (κ3) is 3.93. The summed E-state index contributed by atoms with van der Waals surface area (Å²) < 4.78 is 1.95. The van der Waals surface area contributed by atoms with Crippen molar-refractivity contribution in [2.75, 3.05) is 5.75 Å². The number of hydrogen-bond acceptors (Lipinski definition) is 4. The Morgan fingerprint density at radius 1 is 1.35 bits per heavy atom. The van der Waals surface area contributed by atoms with E-state index in [0.717, 1.165) is 29.4 Å². The molecule has 0 atom stereocenters. The fourth-order valence-corrected chi connectivity index (χ4v) is 3.67. The second-order valence-electron chi connectivity index (χ2n) is 6.07. The van der Waals surface area contributed by atoms with Gasteiger partial charge in [-0.05, 0) is 25.8 Å². The lowest BCUT2D eigenvalue weighted by Crippen LogP contribution is -2.33. The molecule has 0 aliphatic heterocycles. The van der Waals surface area contributed by atoms with E-state index in [2.05, 4.69) is 34.6 Å². The normalized spacial score (nSPS) is 15.0. The Kier molecular flexibility index (Phi) is 5.00. The van der Waals surface area contributed by atoms with E-state index in [0.29, 0.717) is 11.8 Å². The van der Waals surface area contributed by atoms with Crippen LogP contribution in [0.15, 0.2) is 29.4 Å². The van der Waals surface area contributed by atoms with Crippen LogP contribution in [0.1, 0.15) is 31.2 Å². The first-order chi connectivity index (χ1) is 11.1. The van der Waals surface area contributed by atoms with E-state index in [-0.39, 0.29) is 5.91 Å². The van der Waals surface area contributed by atoms with Crippen LogP contribution in [0.2, 0.25) is 0 Å². The molecule has 5 nitrogen and oxygen atoms in total. The van der Waals surface area contributed by atoms with Gasteiger partial charge in [0, 0.05) is 18.7 Å². The molecule has 1 amide bonds. The van der Waals surface area contributed by atoms with E-state index in [9.17, 15) is 4.79 Å². The van der Waals surface area contributed by atoms with Gasteiger partial charge in [-0.25, -0.2) is 0 Å². The van der Waals surface area contributed by atoms with Crippen molar-refractivity contribution in [2.24, 2.45) is 7.05 Å². The van der Waals surface area contributed by atoms with E-state index in [1.165, 1.54) is 30.2 Å². The monoisotopic (exact) mass is 330 g/mol. The molecule has 1 aromatic heterocycles. The van der Waals surface area contributed by atoms with Gasteiger partial charge < -0.3 is 9.88 Å². The zero-order valence-electron chi connectivity index (χ0n) is 13.6. The van der Waals surface area contributed by atoms with Gasteiger partial charge in [-0.3, -0.25) is 4.79 Å². The minimum absolute atomic E-state index is 0.0852. The average molecular weight is 330 g/mol. The number of aromatic nitrogens is 3. The zero-order valence-corrected chi connectivity index (χ0v) is 14.4. The largest absolute Gasteiger partial charge is 0.353 e. The Balaban J connectivity index is 1.62. The van der Waals surface area contributed by atoms with Crippen LogP contribution >= 0.6 is 11.8 Å². The molecule has 0 bridgehead atoms. The van der Waals surface area contributed by atoms with Crippen molar-refractivity contribution in [2.45, 2.75) is 43.8 Å². The molecule has 1 heterocycles. The van der Waals surface area contributed by atoms with Gasteiger partial charge in [0.1, 0.15) is 0 Å². The van der Waals surface area contributed by atoms with Crippen LogP contribution in [0, 0.1) is 6.92 Å². The summed E-state index contributed by atoms with van der Waals surface area (Å²) in [6, 6.07) is 8.55. The number of rotatable bonds is 5. The molecule has 23 heavy (non-hydrogen) atoms. The number of benzene rings is 1. The second kappa shape index (κ2) is 7.17. The molecule has 1 aromatic carbocycles. The number of carbonyl (C=O) groups is 1. The number of thioether (sulfide) groups is 1. The lowest BCUT2D eigenvalue weighted by atomic mass is 10.1. The molecule has 0 radical (unpaired) electrons. The van der Waals surface area contributed by atoms with Crippen LogP contribution in [-0.4, -0.2) is 32.5 Å². The fraction of sp³-hybridized carbons (Fsp3) is 0.471. The lowest BCUT2D eigenvalue weighted by molar-refractivity contribution is -0.119. The molecule has 2 aromatic rings. The topological polar surface area (TPSA) is 59.8 Å². The summed E-state index contributed by atoms with van der Waals surface area (Å²) in [5.41, 5.74) is 2.23. The Labute approximate surface area is 140 Å². The number of nitrogens with one attached hydrogen (secondary N) is 1. The summed E-state index contributed by atoms with van der Waals surface area (Å²) in [5, 5.41) is 12.4. The lowest BCUT2D eigenvalue weighted by Gasteiger charge is -2.11. The molecular weight excluding hydrogens is 308 g/mol. The first-order valence-electron chi connectivity index (χ1n) is 8.02. The minimum atomic E-state index is 0.0852. The van der Waals surface area contributed by atoms with Crippen LogP contribution in [0.3, 0.4) is 0 Å². The summed E-state index contributed by atoms with van der Waals surface area (Å²) >= 11 is 1.44. The number of hydrogen-bond donors (Lipinski definition) is 1. The first kappa shape index (κ1) is 16.1. The van der Waals surface area contributed by atoms with E-state index < -0.39 is 0 Å². The number of aryl methyl sites for hydroxylation is 1. The van der Waals surface area contributed by atoms with E-state index in [1.54, 1.807) is 0 Å². The van der Waals surface area contributed by atoms with Crippen molar-refractivity contribution in [3.05, 3.63) is 29.8 Å². The van der Waals surface area contributed by atoms with Crippen molar-refractivity contribution < 1.29 is 4.79 Å². The third-order valence-electron chi connectivity index (χ3n) is 4.16. The Morgan fingerprint density at radius 2 is 2.13 bits per heavy atom. The molecule has 0 saturated heterocycles. The third-order valence-corrected chi connectivity index (χ3v) is 5.18. The smallest absolute Gasteiger partial charge is 0.230 e. The fourth-order valence-electron chi connectivity index (χ4n) is 2.95. The van der Waals surface area contributed by atoms with Crippen LogP contribution in [0.25, 0.3) is 11.4 Å². The van der Waals surface area contributed by atoms with Crippen molar-refractivity contribution in [3.63, 3.8) is 0 Å². The van der Waals surface area contributed by atoms with Crippen LogP contribution in [-0.2, 0) is 11.8 Å². The zero-order chi connectivity index (χ0) is 16.2. The number of amides is 1. The molecule has 1 aliphatic rings. The van der Waals surface area contributed by atoms with E-state index in [4.69, 9.17) is 0 Å². The highest BCUT2D eigenvalue weighted by molar-refractivity contribution is 7.99. The summed E-state index contributed by atoms with van der Waals surface area (Å²) in [4.78, 5) is 12.0. The summed E-state index contributed by atoms with van der Waals surface area (Å²) in [7, 11) is 1.94. The van der Waals surface area contributed by atoms with Crippen molar-refractivity contribution in [1.29, 1.82) is 0 Å². The Hall–Kier alpha value is -1.82. The standard InChI is InChI=1S/C17H22N4OS/c1-12-6-5-7-13(10-12)16-19-20-17(21(16)2)23-11-15(22)18-14-8-3-4-9-14/h5-7,10,14H,3-4,8-9,11H2,1-2H3,(H,18,22). The predicted octanol–water partition coefficient (Wildman–Crippen LogP) is 2.94. The van der Waals surface area contributed by atoms with Gasteiger partial charge in [0.15, 0.2) is 11.0 Å². The maximum absolute atomic E-state index is 12.0. The molecule has 0 unspecified atom stereocenters. The highest BCUT2D eigenvalue weighted by Crippen LogP contribution is 2.23. The van der Waals surface area contributed by atoms with E-state index >= 15 is 0 Å². The van der Waals surface area contributed by atoms with Gasteiger partial charge in [0.05, 0.1) is 5.75 Å². The molecule has 122 valence electrons. The van der Waals surface area contributed by atoms with E-state index in [1.807, 2.05) is 23.7 Å². The summed E-state index contributed by atoms with van der Waals surface area (Å²) in [6.07, 6.45) is 4.66. The highest BCUT2D eigenvalue weighted by atomic mass is 32.2. The summed E-state index contributed by atoms with van der Waals surface area (Å²) in [6.45, 7) is 2.06. The molecule has 3 rings (SSSR count). The van der Waals surface area contributed by atoms with Gasteiger partial charge in [-0.1, -0.05) is 48.4 Å². The predicted molar refractivity (Wildman–Crippen MR) is 92.3 cm³/mol. The molecular formula is C17H22N4OS. The molecule has 1 N–H and O–H groups in total. The Morgan fingerprint density at radius 3 is 2.87 bits per heavy atom. The van der Waals surface area contributed by atoms with Crippen LogP contribution in [0.5, 0.6) is 0 Å². The van der Waals surface area contributed by atoms with Crippen molar-refractivity contribution >= 4 is 17.7 Å². The average Bonchev–Trinajstić information content (AvgIpc) is 3.15. The minimum Gasteiger partial charge on any atom is -0.353 e. The quantitative estimate of drug-likeness (QED) is 0.856. The van der Waals surface area contributed by atoms with Gasteiger partial charge >= 0.3 is 0 Å². The maximum atomic E-state index is 12.0. The van der Waals surface area contributed by atoms with Gasteiger partial charge in [-0.15, -0.1) is 10.2 Å². The molecule has 1 fully saturated rings. The van der Waals surface area contributed by atoms with Crippen molar-refractivity contribution in [1.82, 2.24) is 20.1 Å².